The number of rotatable bonds is 5. The molecule has 24 heavy (non-hydrogen) atoms. The van der Waals surface area contributed by atoms with Crippen LogP contribution in [0.15, 0.2) is 59.6 Å². The average Bonchev–Trinajstić information content (AvgIpc) is 3.08. The third-order valence-electron chi connectivity index (χ3n) is 3.49. The molecule has 3 aromatic rings. The van der Waals surface area contributed by atoms with Crippen molar-refractivity contribution in [2.75, 3.05) is 11.8 Å². The molecule has 6 nitrogen and oxygen atoms in total. The van der Waals surface area contributed by atoms with Crippen LogP contribution < -0.4 is 9.46 Å². The number of hydrogen-bond acceptors (Lipinski definition) is 4. The van der Waals surface area contributed by atoms with Gasteiger partial charge in [0.05, 0.1) is 7.11 Å². The minimum absolute atomic E-state index is 0.143. The monoisotopic (exact) mass is 343 g/mol. The van der Waals surface area contributed by atoms with Crippen molar-refractivity contribution in [1.82, 2.24) is 9.97 Å². The largest absolute Gasteiger partial charge is 0.479 e. The van der Waals surface area contributed by atoms with Crippen molar-refractivity contribution >= 4 is 15.7 Å². The summed E-state index contributed by atoms with van der Waals surface area (Å²) in [7, 11) is -2.30. The molecule has 2 heterocycles. The molecule has 0 aliphatic carbocycles. The van der Waals surface area contributed by atoms with Crippen molar-refractivity contribution in [2.24, 2.45) is 0 Å². The summed E-state index contributed by atoms with van der Waals surface area (Å²) < 4.78 is 32.8. The lowest BCUT2D eigenvalue weighted by Crippen LogP contribution is -2.13. The number of H-pyrrole nitrogens is 1. The molecule has 2 aromatic heterocycles. The summed E-state index contributed by atoms with van der Waals surface area (Å²) in [5.41, 5.74) is 2.67. The van der Waals surface area contributed by atoms with E-state index in [0.717, 1.165) is 17.0 Å². The van der Waals surface area contributed by atoms with Gasteiger partial charge in [0.1, 0.15) is 10.6 Å². The topological polar surface area (TPSA) is 84.1 Å². The van der Waals surface area contributed by atoms with Gasteiger partial charge in [-0.3, -0.25) is 4.72 Å². The van der Waals surface area contributed by atoms with E-state index in [-0.39, 0.29) is 10.8 Å². The molecule has 0 spiro atoms. The Morgan fingerprint density at radius 2 is 1.88 bits per heavy atom. The van der Waals surface area contributed by atoms with Gasteiger partial charge in [0, 0.05) is 17.6 Å². The summed E-state index contributed by atoms with van der Waals surface area (Å²) in [6.07, 6.45) is 1.46. The van der Waals surface area contributed by atoms with Gasteiger partial charge in [-0.15, -0.1) is 0 Å². The second-order valence-corrected chi connectivity index (χ2v) is 6.91. The second-order valence-electron chi connectivity index (χ2n) is 5.23. The Morgan fingerprint density at radius 3 is 2.58 bits per heavy atom. The van der Waals surface area contributed by atoms with Crippen molar-refractivity contribution in [3.05, 3.63) is 60.4 Å². The van der Waals surface area contributed by atoms with Crippen LogP contribution in [-0.4, -0.2) is 25.5 Å². The van der Waals surface area contributed by atoms with Gasteiger partial charge >= 0.3 is 0 Å². The van der Waals surface area contributed by atoms with Crippen LogP contribution in [-0.2, 0) is 10.0 Å². The first-order valence-electron chi connectivity index (χ1n) is 7.28. The van der Waals surface area contributed by atoms with Gasteiger partial charge in [-0.2, -0.15) is 0 Å². The molecule has 3 rings (SSSR count). The predicted molar refractivity (Wildman–Crippen MR) is 92.6 cm³/mol. The normalized spacial score (nSPS) is 11.2. The zero-order chi connectivity index (χ0) is 17.2. The van der Waals surface area contributed by atoms with E-state index in [1.165, 1.54) is 13.3 Å². The molecule has 0 saturated carbocycles. The van der Waals surface area contributed by atoms with Crippen molar-refractivity contribution < 1.29 is 13.2 Å². The molecule has 0 unspecified atom stereocenters. The fourth-order valence-electron chi connectivity index (χ4n) is 2.28. The minimum Gasteiger partial charge on any atom is -0.479 e. The van der Waals surface area contributed by atoms with Crippen LogP contribution in [0.3, 0.4) is 0 Å². The summed E-state index contributed by atoms with van der Waals surface area (Å²) in [4.78, 5) is 7.29. The highest BCUT2D eigenvalue weighted by Crippen LogP contribution is 2.27. The van der Waals surface area contributed by atoms with Crippen LogP contribution >= 0.6 is 0 Å². The number of pyridine rings is 1. The van der Waals surface area contributed by atoms with E-state index in [2.05, 4.69) is 14.7 Å². The highest BCUT2D eigenvalue weighted by molar-refractivity contribution is 7.92. The number of aromatic nitrogens is 2. The third-order valence-corrected chi connectivity index (χ3v) is 4.83. The van der Waals surface area contributed by atoms with Crippen LogP contribution in [0.2, 0.25) is 0 Å². The maximum Gasteiger partial charge on any atom is 0.263 e. The van der Waals surface area contributed by atoms with Crippen LogP contribution in [0.1, 0.15) is 5.69 Å². The number of benzene rings is 1. The maximum absolute atomic E-state index is 12.6. The van der Waals surface area contributed by atoms with Gasteiger partial charge in [-0.1, -0.05) is 30.3 Å². The van der Waals surface area contributed by atoms with E-state index in [1.807, 2.05) is 30.3 Å². The lowest BCUT2D eigenvalue weighted by Gasteiger charge is -2.10. The van der Waals surface area contributed by atoms with Crippen molar-refractivity contribution in [1.29, 1.82) is 0 Å². The van der Waals surface area contributed by atoms with Crippen molar-refractivity contribution in [3.63, 3.8) is 0 Å². The summed E-state index contributed by atoms with van der Waals surface area (Å²) in [5, 5.41) is 0. The van der Waals surface area contributed by atoms with E-state index in [1.54, 1.807) is 25.1 Å². The Labute approximate surface area is 140 Å². The molecule has 0 saturated heterocycles. The van der Waals surface area contributed by atoms with Gasteiger partial charge in [-0.05, 0) is 30.7 Å². The Balaban J connectivity index is 1.91. The predicted octanol–water partition coefficient (Wildman–Crippen LogP) is 3.19. The van der Waals surface area contributed by atoms with Crippen LogP contribution in [0.4, 0.5) is 5.69 Å². The first-order valence-corrected chi connectivity index (χ1v) is 8.76. The van der Waals surface area contributed by atoms with E-state index in [4.69, 9.17) is 4.74 Å². The molecular weight excluding hydrogens is 326 g/mol. The van der Waals surface area contributed by atoms with Crippen molar-refractivity contribution in [3.8, 4) is 17.1 Å². The molecule has 1 aromatic carbocycles. The van der Waals surface area contributed by atoms with E-state index in [9.17, 15) is 8.42 Å². The first-order chi connectivity index (χ1) is 11.5. The zero-order valence-electron chi connectivity index (χ0n) is 13.3. The zero-order valence-corrected chi connectivity index (χ0v) is 14.1. The third kappa shape index (κ3) is 3.26. The first kappa shape index (κ1) is 16.1. The van der Waals surface area contributed by atoms with Gasteiger partial charge in [0.25, 0.3) is 10.0 Å². The SMILES string of the molecule is COc1nc(C)ccc1NS(=O)(=O)c1c[nH]c(-c2ccccc2)c1. The van der Waals surface area contributed by atoms with E-state index >= 15 is 0 Å². The van der Waals surface area contributed by atoms with Gasteiger partial charge < -0.3 is 9.72 Å². The Morgan fingerprint density at radius 1 is 1.12 bits per heavy atom. The molecule has 0 aliphatic heterocycles. The summed E-state index contributed by atoms with van der Waals surface area (Å²) >= 11 is 0. The molecule has 2 N–H and O–H groups in total. The number of methoxy groups -OCH3 is 1. The molecule has 0 amide bonds. The van der Waals surface area contributed by atoms with E-state index < -0.39 is 10.0 Å². The summed E-state index contributed by atoms with van der Waals surface area (Å²) in [6.45, 7) is 1.80. The quantitative estimate of drug-likeness (QED) is 0.745. The Hall–Kier alpha value is -2.80. The second kappa shape index (κ2) is 6.37. The molecule has 0 bridgehead atoms. The standard InChI is InChI=1S/C17H17N3O3S/c1-12-8-9-15(17(19-12)23-2)20-24(21,22)14-10-16(18-11-14)13-6-4-3-5-7-13/h3-11,18,20H,1-2H3. The molecular formula is C17H17N3O3S. The molecule has 124 valence electrons. The Kier molecular flexibility index (Phi) is 4.26. The minimum atomic E-state index is -3.75. The fraction of sp³-hybridized carbons (Fsp3) is 0.118. The average molecular weight is 343 g/mol. The highest BCUT2D eigenvalue weighted by atomic mass is 32.2. The van der Waals surface area contributed by atoms with E-state index in [0.29, 0.717) is 5.69 Å². The molecule has 0 fully saturated rings. The van der Waals surface area contributed by atoms with Gasteiger partial charge in [0.2, 0.25) is 5.88 Å². The van der Waals surface area contributed by atoms with Crippen LogP contribution in [0.25, 0.3) is 11.3 Å². The van der Waals surface area contributed by atoms with Gasteiger partial charge in [-0.25, -0.2) is 13.4 Å². The number of nitrogens with one attached hydrogen (secondary N) is 2. The highest BCUT2D eigenvalue weighted by Gasteiger charge is 2.19. The number of aryl methyl sites for hydroxylation is 1. The molecule has 0 aliphatic rings. The van der Waals surface area contributed by atoms with Crippen molar-refractivity contribution in [2.45, 2.75) is 11.8 Å². The smallest absolute Gasteiger partial charge is 0.263 e. The number of ether oxygens (including phenoxy) is 1. The van der Waals surface area contributed by atoms with Crippen LogP contribution in [0.5, 0.6) is 5.88 Å². The fourth-order valence-corrected chi connectivity index (χ4v) is 3.33. The lowest BCUT2D eigenvalue weighted by molar-refractivity contribution is 0.399. The molecule has 0 radical (unpaired) electrons. The van der Waals surface area contributed by atoms with Gasteiger partial charge in [0.15, 0.2) is 0 Å². The molecule has 7 heteroatoms. The number of hydrogen-bond donors (Lipinski definition) is 2. The molecule has 0 atom stereocenters. The number of nitrogens with zero attached hydrogens (tertiary/aromatic N) is 1. The maximum atomic E-state index is 12.6. The summed E-state index contributed by atoms with van der Waals surface area (Å²) in [5.74, 6) is 0.234. The number of anilines is 1. The lowest BCUT2D eigenvalue weighted by atomic mass is 10.2. The van der Waals surface area contributed by atoms with Crippen LogP contribution in [0, 0.1) is 6.92 Å². The Bertz CT molecular complexity index is 950. The summed E-state index contributed by atoms with van der Waals surface area (Å²) in [6, 6.07) is 14.4. The number of sulfonamides is 1. The number of aromatic amines is 1.